The van der Waals surface area contributed by atoms with Gasteiger partial charge < -0.3 is 9.84 Å². The van der Waals surface area contributed by atoms with Crippen molar-refractivity contribution in [2.24, 2.45) is 0 Å². The second-order valence-corrected chi connectivity index (χ2v) is 3.77. The third-order valence-corrected chi connectivity index (χ3v) is 2.23. The molecule has 0 bridgehead atoms. The van der Waals surface area contributed by atoms with E-state index in [1.165, 1.54) is 12.1 Å². The monoisotopic (exact) mass is 226 g/mol. The summed E-state index contributed by atoms with van der Waals surface area (Å²) in [7, 11) is 0. The van der Waals surface area contributed by atoms with E-state index in [4.69, 9.17) is 9.84 Å². The highest BCUT2D eigenvalue weighted by Crippen LogP contribution is 2.20. The van der Waals surface area contributed by atoms with Gasteiger partial charge in [-0.05, 0) is 44.0 Å². The van der Waals surface area contributed by atoms with Crippen LogP contribution in [-0.2, 0) is 4.79 Å². The quantitative estimate of drug-likeness (QED) is 0.839. The van der Waals surface area contributed by atoms with Crippen LogP contribution in [-0.4, -0.2) is 17.2 Å². The number of hydrogen-bond acceptors (Lipinski definition) is 2. The Labute approximate surface area is 93.9 Å². The molecule has 1 rings (SSSR count). The van der Waals surface area contributed by atoms with E-state index in [9.17, 15) is 9.18 Å². The number of carboxylic acids is 1. The van der Waals surface area contributed by atoms with Crippen molar-refractivity contribution in [1.82, 2.24) is 0 Å². The van der Waals surface area contributed by atoms with Crippen molar-refractivity contribution in [3.05, 3.63) is 29.6 Å². The molecule has 88 valence electrons. The lowest BCUT2D eigenvalue weighted by atomic mass is 10.2. The average Bonchev–Trinajstić information content (AvgIpc) is 2.19. The van der Waals surface area contributed by atoms with E-state index >= 15 is 0 Å². The number of ether oxygens (including phenoxy) is 1. The van der Waals surface area contributed by atoms with E-state index in [1.54, 1.807) is 19.9 Å². The lowest BCUT2D eigenvalue weighted by Gasteiger charge is -2.15. The van der Waals surface area contributed by atoms with Crippen LogP contribution < -0.4 is 4.74 Å². The van der Waals surface area contributed by atoms with E-state index in [2.05, 4.69) is 0 Å². The highest BCUT2D eigenvalue weighted by molar-refractivity contribution is 5.66. The van der Waals surface area contributed by atoms with E-state index in [0.29, 0.717) is 17.7 Å². The fourth-order valence-corrected chi connectivity index (χ4v) is 1.35. The molecule has 0 saturated heterocycles. The Balaban J connectivity index is 2.55. The van der Waals surface area contributed by atoms with Gasteiger partial charge in [-0.25, -0.2) is 4.39 Å². The first-order valence-corrected chi connectivity index (χ1v) is 5.13. The molecular formula is C12H15FO3. The largest absolute Gasteiger partial charge is 0.490 e. The van der Waals surface area contributed by atoms with Crippen LogP contribution in [0.4, 0.5) is 4.39 Å². The van der Waals surface area contributed by atoms with Gasteiger partial charge in [0.15, 0.2) is 0 Å². The predicted molar refractivity (Wildman–Crippen MR) is 58.1 cm³/mol. The average molecular weight is 226 g/mol. The molecule has 0 aromatic heterocycles. The molecule has 0 heterocycles. The fraction of sp³-hybridized carbons (Fsp3) is 0.417. The normalized spacial score (nSPS) is 12.2. The van der Waals surface area contributed by atoms with Gasteiger partial charge in [0.05, 0.1) is 6.10 Å². The summed E-state index contributed by atoms with van der Waals surface area (Å²) in [6.45, 7) is 3.55. The minimum Gasteiger partial charge on any atom is -0.490 e. The van der Waals surface area contributed by atoms with Gasteiger partial charge in [-0.3, -0.25) is 4.79 Å². The Bertz CT molecular complexity index is 377. The number of halogens is 1. The maximum atomic E-state index is 12.8. The minimum absolute atomic E-state index is 0.0708. The highest BCUT2D eigenvalue weighted by atomic mass is 19.1. The van der Waals surface area contributed by atoms with Gasteiger partial charge in [0.2, 0.25) is 0 Å². The van der Waals surface area contributed by atoms with Gasteiger partial charge in [-0.15, -0.1) is 0 Å². The molecular weight excluding hydrogens is 211 g/mol. The molecule has 0 aliphatic heterocycles. The Morgan fingerprint density at radius 3 is 2.81 bits per heavy atom. The standard InChI is InChI=1S/C12H15FO3/c1-8-7-10(13)4-5-11(8)16-9(2)3-6-12(14)15/h4-5,7,9H,3,6H2,1-2H3,(H,14,15). The van der Waals surface area contributed by atoms with Crippen molar-refractivity contribution in [1.29, 1.82) is 0 Å². The van der Waals surface area contributed by atoms with Gasteiger partial charge in [0.25, 0.3) is 0 Å². The molecule has 16 heavy (non-hydrogen) atoms. The minimum atomic E-state index is -0.841. The van der Waals surface area contributed by atoms with Crippen molar-refractivity contribution in [3.63, 3.8) is 0 Å². The SMILES string of the molecule is Cc1cc(F)ccc1OC(C)CCC(=O)O. The maximum Gasteiger partial charge on any atom is 0.303 e. The van der Waals surface area contributed by atoms with Crippen LogP contribution in [0.1, 0.15) is 25.3 Å². The summed E-state index contributed by atoms with van der Waals surface area (Å²) in [6, 6.07) is 4.27. The third kappa shape index (κ3) is 3.88. The Hall–Kier alpha value is -1.58. The van der Waals surface area contributed by atoms with E-state index in [1.807, 2.05) is 0 Å². The van der Waals surface area contributed by atoms with Gasteiger partial charge in [-0.1, -0.05) is 0 Å². The molecule has 0 radical (unpaired) electrons. The molecule has 4 heteroatoms. The number of aryl methyl sites for hydroxylation is 1. The zero-order chi connectivity index (χ0) is 12.1. The van der Waals surface area contributed by atoms with Gasteiger partial charge in [0.1, 0.15) is 11.6 Å². The summed E-state index contributed by atoms with van der Waals surface area (Å²) in [5.74, 6) is -0.548. The Kier molecular flexibility index (Phi) is 4.28. The third-order valence-electron chi connectivity index (χ3n) is 2.23. The molecule has 0 aliphatic rings. The van der Waals surface area contributed by atoms with E-state index < -0.39 is 5.97 Å². The van der Waals surface area contributed by atoms with Gasteiger partial charge in [-0.2, -0.15) is 0 Å². The molecule has 0 aliphatic carbocycles. The summed E-state index contributed by atoms with van der Waals surface area (Å²) >= 11 is 0. The lowest BCUT2D eigenvalue weighted by molar-refractivity contribution is -0.137. The first kappa shape index (κ1) is 12.5. The second kappa shape index (κ2) is 5.49. The summed E-state index contributed by atoms with van der Waals surface area (Å²) in [5.41, 5.74) is 0.710. The summed E-state index contributed by atoms with van der Waals surface area (Å²) in [5, 5.41) is 8.51. The smallest absolute Gasteiger partial charge is 0.303 e. The molecule has 0 fully saturated rings. The van der Waals surface area contributed by atoms with Gasteiger partial charge in [0, 0.05) is 6.42 Å². The molecule has 1 unspecified atom stereocenters. The van der Waals surface area contributed by atoms with E-state index in [0.717, 1.165) is 0 Å². The van der Waals surface area contributed by atoms with Crippen LogP contribution in [0.5, 0.6) is 5.75 Å². The van der Waals surface area contributed by atoms with Crippen molar-refractivity contribution < 1.29 is 19.0 Å². The molecule has 1 N–H and O–H groups in total. The molecule has 0 saturated carbocycles. The number of rotatable bonds is 5. The zero-order valence-corrected chi connectivity index (χ0v) is 9.37. The van der Waals surface area contributed by atoms with Crippen LogP contribution in [0.15, 0.2) is 18.2 Å². The molecule has 0 spiro atoms. The number of benzene rings is 1. The van der Waals surface area contributed by atoms with Crippen molar-refractivity contribution in [2.45, 2.75) is 32.8 Å². The van der Waals surface area contributed by atoms with Crippen LogP contribution >= 0.6 is 0 Å². The van der Waals surface area contributed by atoms with Crippen molar-refractivity contribution in [2.75, 3.05) is 0 Å². The van der Waals surface area contributed by atoms with E-state index in [-0.39, 0.29) is 18.3 Å². The molecule has 0 amide bonds. The maximum absolute atomic E-state index is 12.8. The Morgan fingerprint density at radius 1 is 1.56 bits per heavy atom. The first-order chi connectivity index (χ1) is 7.49. The molecule has 1 aromatic carbocycles. The van der Waals surface area contributed by atoms with Crippen molar-refractivity contribution in [3.8, 4) is 5.75 Å². The second-order valence-electron chi connectivity index (χ2n) is 3.77. The van der Waals surface area contributed by atoms with Crippen molar-refractivity contribution >= 4 is 5.97 Å². The van der Waals surface area contributed by atoms with Crippen LogP contribution in [0, 0.1) is 12.7 Å². The summed E-state index contributed by atoms with van der Waals surface area (Å²) in [4.78, 5) is 10.4. The number of hydrogen-bond donors (Lipinski definition) is 1. The molecule has 1 atom stereocenters. The fourth-order valence-electron chi connectivity index (χ4n) is 1.35. The van der Waals surface area contributed by atoms with Crippen LogP contribution in [0.2, 0.25) is 0 Å². The predicted octanol–water partition coefficient (Wildman–Crippen LogP) is 2.77. The number of carbonyl (C=O) groups is 1. The van der Waals surface area contributed by atoms with Crippen LogP contribution in [0.3, 0.4) is 0 Å². The van der Waals surface area contributed by atoms with Crippen LogP contribution in [0.25, 0.3) is 0 Å². The lowest BCUT2D eigenvalue weighted by Crippen LogP contribution is -2.14. The van der Waals surface area contributed by atoms with Gasteiger partial charge >= 0.3 is 5.97 Å². The Morgan fingerprint density at radius 2 is 2.25 bits per heavy atom. The zero-order valence-electron chi connectivity index (χ0n) is 9.37. The summed E-state index contributed by atoms with van der Waals surface area (Å²) < 4.78 is 18.3. The first-order valence-electron chi connectivity index (χ1n) is 5.13. The molecule has 3 nitrogen and oxygen atoms in total. The number of carboxylic acid groups (broad SMARTS) is 1. The molecule has 1 aromatic rings. The number of aliphatic carboxylic acids is 1. The summed E-state index contributed by atoms with van der Waals surface area (Å²) in [6.07, 6.45) is 0.313. The topological polar surface area (TPSA) is 46.5 Å². The highest BCUT2D eigenvalue weighted by Gasteiger charge is 2.09.